The van der Waals surface area contributed by atoms with Crippen molar-refractivity contribution in [3.05, 3.63) is 51.1 Å². The van der Waals surface area contributed by atoms with E-state index in [0.717, 1.165) is 39.3 Å². The summed E-state index contributed by atoms with van der Waals surface area (Å²) in [6.07, 6.45) is 4.58. The van der Waals surface area contributed by atoms with E-state index in [1.165, 1.54) is 24.8 Å². The summed E-state index contributed by atoms with van der Waals surface area (Å²) in [6.45, 7) is 6.43. The van der Waals surface area contributed by atoms with Gasteiger partial charge in [-0.05, 0) is 85.0 Å². The zero-order valence-corrected chi connectivity index (χ0v) is 21.1. The molecule has 1 saturated heterocycles. The van der Waals surface area contributed by atoms with Gasteiger partial charge in [-0.1, -0.05) is 31.3 Å². The van der Waals surface area contributed by atoms with Crippen LogP contribution in [0.4, 0.5) is 5.69 Å². The smallest absolute Gasteiger partial charge is 0.262 e. The van der Waals surface area contributed by atoms with Gasteiger partial charge in [-0.15, -0.1) is 0 Å². The lowest BCUT2D eigenvalue weighted by Gasteiger charge is -2.29. The quantitative estimate of drug-likeness (QED) is 0.350. The van der Waals surface area contributed by atoms with E-state index < -0.39 is 0 Å². The number of anilines is 1. The standard InChI is InChI=1S/C24H29IN2O3S/c1-3-17-8-10-19(11-9-17)26-22(28)16-30-23-20(25)14-18(15-21(23)29-4-2)24(31)27-12-6-5-7-13-27/h8-11,14-15H,3-7,12-13,16H2,1-2H3,(H,26,28). The number of aryl methyl sites for hydroxylation is 1. The molecule has 0 atom stereocenters. The number of nitrogens with one attached hydrogen (secondary N) is 1. The summed E-state index contributed by atoms with van der Waals surface area (Å²) in [4.78, 5) is 15.5. The summed E-state index contributed by atoms with van der Waals surface area (Å²) < 4.78 is 12.6. The Morgan fingerprint density at radius 3 is 2.45 bits per heavy atom. The molecule has 0 spiro atoms. The zero-order valence-electron chi connectivity index (χ0n) is 18.1. The minimum Gasteiger partial charge on any atom is -0.490 e. The number of hydrogen-bond donors (Lipinski definition) is 1. The molecule has 1 heterocycles. The first-order valence-electron chi connectivity index (χ1n) is 10.8. The maximum Gasteiger partial charge on any atom is 0.262 e. The Kier molecular flexibility index (Phi) is 8.95. The van der Waals surface area contributed by atoms with Crippen LogP contribution in [0.2, 0.25) is 0 Å². The van der Waals surface area contributed by atoms with Crippen LogP contribution < -0.4 is 14.8 Å². The highest BCUT2D eigenvalue weighted by atomic mass is 127. The number of benzene rings is 2. The van der Waals surface area contributed by atoms with Crippen LogP contribution in [-0.4, -0.2) is 42.1 Å². The molecule has 0 radical (unpaired) electrons. The lowest BCUT2D eigenvalue weighted by atomic mass is 10.1. The number of likely N-dealkylation sites (tertiary alicyclic amines) is 1. The Hall–Kier alpha value is -1.87. The monoisotopic (exact) mass is 552 g/mol. The van der Waals surface area contributed by atoms with Crippen LogP contribution in [0.15, 0.2) is 36.4 Å². The van der Waals surface area contributed by atoms with Crippen LogP contribution in [0.1, 0.15) is 44.2 Å². The minimum atomic E-state index is -0.213. The van der Waals surface area contributed by atoms with Crippen LogP contribution in [-0.2, 0) is 11.2 Å². The molecule has 0 aliphatic carbocycles. The van der Waals surface area contributed by atoms with E-state index in [9.17, 15) is 4.79 Å². The number of ether oxygens (including phenoxy) is 2. The Morgan fingerprint density at radius 2 is 1.81 bits per heavy atom. The molecule has 7 heteroatoms. The third kappa shape index (κ3) is 6.55. The average Bonchev–Trinajstić information content (AvgIpc) is 2.79. The van der Waals surface area contributed by atoms with Crippen molar-refractivity contribution < 1.29 is 14.3 Å². The highest BCUT2D eigenvalue weighted by Gasteiger charge is 2.20. The fourth-order valence-electron chi connectivity index (χ4n) is 3.53. The summed E-state index contributed by atoms with van der Waals surface area (Å²) in [7, 11) is 0. The molecule has 2 aromatic rings. The van der Waals surface area contributed by atoms with Crippen molar-refractivity contribution in [3.63, 3.8) is 0 Å². The van der Waals surface area contributed by atoms with Gasteiger partial charge in [-0.3, -0.25) is 4.79 Å². The molecule has 166 valence electrons. The molecule has 31 heavy (non-hydrogen) atoms. The van der Waals surface area contributed by atoms with Crippen molar-refractivity contribution in [2.75, 3.05) is 31.6 Å². The fourth-order valence-corrected chi connectivity index (χ4v) is 4.59. The maximum atomic E-state index is 12.4. The van der Waals surface area contributed by atoms with Gasteiger partial charge in [0.25, 0.3) is 5.91 Å². The van der Waals surface area contributed by atoms with E-state index in [4.69, 9.17) is 21.7 Å². The summed E-state index contributed by atoms with van der Waals surface area (Å²) in [5.41, 5.74) is 2.94. The second-order valence-electron chi connectivity index (χ2n) is 7.46. The highest BCUT2D eigenvalue weighted by Crippen LogP contribution is 2.35. The summed E-state index contributed by atoms with van der Waals surface area (Å²) >= 11 is 7.97. The molecule has 1 amide bonds. The van der Waals surface area contributed by atoms with Crippen LogP contribution in [0.5, 0.6) is 11.5 Å². The van der Waals surface area contributed by atoms with Crippen LogP contribution in [0.3, 0.4) is 0 Å². The third-order valence-electron chi connectivity index (χ3n) is 5.19. The molecule has 2 aromatic carbocycles. The predicted molar refractivity (Wildman–Crippen MR) is 137 cm³/mol. The first kappa shape index (κ1) is 23.8. The second-order valence-corrected chi connectivity index (χ2v) is 9.01. The molecule has 1 aliphatic heterocycles. The summed E-state index contributed by atoms with van der Waals surface area (Å²) in [5.74, 6) is 0.975. The number of piperidine rings is 1. The molecule has 5 nitrogen and oxygen atoms in total. The molecule has 0 aromatic heterocycles. The van der Waals surface area contributed by atoms with Crippen molar-refractivity contribution in [1.29, 1.82) is 0 Å². The first-order valence-corrected chi connectivity index (χ1v) is 12.3. The molecule has 1 fully saturated rings. The number of thiocarbonyl (C=S) groups is 1. The Labute approximate surface area is 203 Å². The molecular weight excluding hydrogens is 523 g/mol. The molecule has 0 saturated carbocycles. The van der Waals surface area contributed by atoms with Gasteiger partial charge in [-0.2, -0.15) is 0 Å². The second kappa shape index (κ2) is 11.7. The third-order valence-corrected chi connectivity index (χ3v) is 6.49. The minimum absolute atomic E-state index is 0.0957. The van der Waals surface area contributed by atoms with Gasteiger partial charge in [0.05, 0.1) is 10.2 Å². The van der Waals surface area contributed by atoms with Gasteiger partial charge >= 0.3 is 0 Å². The Bertz CT molecular complexity index is 912. The Balaban J connectivity index is 1.69. The summed E-state index contributed by atoms with van der Waals surface area (Å²) in [5, 5.41) is 2.87. The molecule has 3 rings (SSSR count). The number of hydrogen-bond acceptors (Lipinski definition) is 4. The van der Waals surface area contributed by atoms with Crippen LogP contribution in [0.25, 0.3) is 0 Å². The van der Waals surface area contributed by atoms with Gasteiger partial charge in [0, 0.05) is 24.3 Å². The molecular formula is C24H29IN2O3S. The normalized spacial score (nSPS) is 13.6. The maximum absolute atomic E-state index is 12.4. The zero-order chi connectivity index (χ0) is 22.2. The molecule has 0 bridgehead atoms. The van der Waals surface area contributed by atoms with E-state index >= 15 is 0 Å². The van der Waals surface area contributed by atoms with Crippen molar-refractivity contribution >= 4 is 51.4 Å². The number of carbonyl (C=O) groups is 1. The molecule has 1 N–H and O–H groups in total. The topological polar surface area (TPSA) is 50.8 Å². The van der Waals surface area contributed by atoms with Crippen molar-refractivity contribution in [3.8, 4) is 11.5 Å². The Morgan fingerprint density at radius 1 is 1.10 bits per heavy atom. The SMILES string of the molecule is CCOc1cc(C(=S)N2CCCCC2)cc(I)c1OCC(=O)Nc1ccc(CC)cc1. The van der Waals surface area contributed by atoms with Crippen LogP contribution in [0, 0.1) is 3.57 Å². The van der Waals surface area contributed by atoms with Crippen molar-refractivity contribution in [1.82, 2.24) is 4.90 Å². The number of carbonyl (C=O) groups excluding carboxylic acids is 1. The highest BCUT2D eigenvalue weighted by molar-refractivity contribution is 14.1. The van der Waals surface area contributed by atoms with E-state index in [-0.39, 0.29) is 12.5 Å². The number of amides is 1. The van der Waals surface area contributed by atoms with E-state index in [1.807, 2.05) is 43.3 Å². The van der Waals surface area contributed by atoms with Gasteiger partial charge in [-0.25, -0.2) is 0 Å². The van der Waals surface area contributed by atoms with E-state index in [2.05, 4.69) is 39.7 Å². The molecule has 1 aliphatic rings. The van der Waals surface area contributed by atoms with E-state index in [1.54, 1.807) is 0 Å². The summed E-state index contributed by atoms with van der Waals surface area (Å²) in [6, 6.07) is 11.8. The fraction of sp³-hybridized carbons (Fsp3) is 0.417. The lowest BCUT2D eigenvalue weighted by Crippen LogP contribution is -2.35. The van der Waals surface area contributed by atoms with Gasteiger partial charge in [0.1, 0.15) is 4.99 Å². The van der Waals surface area contributed by atoms with E-state index in [0.29, 0.717) is 18.1 Å². The lowest BCUT2D eigenvalue weighted by molar-refractivity contribution is -0.118. The predicted octanol–water partition coefficient (Wildman–Crippen LogP) is 5.43. The van der Waals surface area contributed by atoms with Crippen molar-refractivity contribution in [2.45, 2.75) is 39.5 Å². The van der Waals surface area contributed by atoms with Gasteiger partial charge < -0.3 is 19.7 Å². The van der Waals surface area contributed by atoms with Crippen LogP contribution >= 0.6 is 34.8 Å². The number of halogens is 1. The first-order chi connectivity index (χ1) is 15.0. The number of nitrogens with zero attached hydrogens (tertiary/aromatic N) is 1. The number of rotatable bonds is 8. The van der Waals surface area contributed by atoms with Gasteiger partial charge in [0.15, 0.2) is 18.1 Å². The average molecular weight is 552 g/mol. The largest absolute Gasteiger partial charge is 0.490 e. The molecule has 0 unspecified atom stereocenters. The van der Waals surface area contributed by atoms with Gasteiger partial charge in [0.2, 0.25) is 0 Å². The van der Waals surface area contributed by atoms with Crippen molar-refractivity contribution in [2.24, 2.45) is 0 Å².